The maximum atomic E-state index is 13.5. The SMILES string of the molecule is CC[C@H]1CN(C(=O)N2CCC(C(=O)N3CCN(c4cccc(C)c4C)CC3)CC2)c2ccccc2O1. The number of aryl methyl sites for hydroxylation is 1. The van der Waals surface area contributed by atoms with Crippen LogP contribution in [0.1, 0.15) is 37.3 Å². The van der Waals surface area contributed by atoms with Crippen LogP contribution < -0.4 is 14.5 Å². The van der Waals surface area contributed by atoms with Crippen LogP contribution >= 0.6 is 0 Å². The highest BCUT2D eigenvalue weighted by Gasteiger charge is 2.36. The summed E-state index contributed by atoms with van der Waals surface area (Å²) < 4.78 is 6.05. The van der Waals surface area contributed by atoms with Gasteiger partial charge in [-0.15, -0.1) is 0 Å². The third-order valence-electron chi connectivity index (χ3n) is 8.14. The number of urea groups is 1. The van der Waals surface area contributed by atoms with Crippen LogP contribution in [-0.4, -0.2) is 73.7 Å². The lowest BCUT2D eigenvalue weighted by Gasteiger charge is -2.41. The van der Waals surface area contributed by atoms with Crippen LogP contribution in [0.3, 0.4) is 0 Å². The molecular weight excluding hydrogens is 452 g/mol. The molecule has 0 unspecified atom stereocenters. The summed E-state index contributed by atoms with van der Waals surface area (Å²) in [6.45, 7) is 11.5. The number of para-hydroxylation sites is 2. The standard InChI is InChI=1S/C29H38N4O3/c1-4-24-20-33(26-9-5-6-11-27(26)36-24)29(35)32-14-12-23(13-15-32)28(34)31-18-16-30(17-19-31)25-10-7-8-21(2)22(25)3/h5-11,23-24H,4,12-20H2,1-3H3/t24-/m0/s1. The fourth-order valence-electron chi connectivity index (χ4n) is 5.68. The Morgan fingerprint density at radius 1 is 0.861 bits per heavy atom. The molecule has 0 spiro atoms. The van der Waals surface area contributed by atoms with E-state index in [9.17, 15) is 9.59 Å². The van der Waals surface area contributed by atoms with Crippen molar-refractivity contribution in [1.29, 1.82) is 0 Å². The highest BCUT2D eigenvalue weighted by Crippen LogP contribution is 2.35. The van der Waals surface area contributed by atoms with Gasteiger partial charge < -0.3 is 19.4 Å². The van der Waals surface area contributed by atoms with Crippen LogP contribution in [0.4, 0.5) is 16.2 Å². The number of rotatable bonds is 3. The van der Waals surface area contributed by atoms with Crippen LogP contribution in [0.5, 0.6) is 5.75 Å². The number of amides is 3. The summed E-state index contributed by atoms with van der Waals surface area (Å²) in [5, 5.41) is 0. The molecule has 2 aromatic carbocycles. The zero-order valence-corrected chi connectivity index (χ0v) is 21.8. The molecule has 36 heavy (non-hydrogen) atoms. The molecule has 0 saturated carbocycles. The lowest BCUT2D eigenvalue weighted by molar-refractivity contribution is -0.137. The van der Waals surface area contributed by atoms with Gasteiger partial charge in [0, 0.05) is 50.9 Å². The molecule has 2 aromatic rings. The van der Waals surface area contributed by atoms with Gasteiger partial charge in [-0.1, -0.05) is 31.2 Å². The largest absolute Gasteiger partial charge is 0.486 e. The Labute approximate surface area is 214 Å². The molecule has 192 valence electrons. The van der Waals surface area contributed by atoms with Crippen molar-refractivity contribution in [1.82, 2.24) is 9.80 Å². The minimum atomic E-state index is 0.00155. The number of piperidine rings is 1. The summed E-state index contributed by atoms with van der Waals surface area (Å²) in [4.78, 5) is 35.0. The van der Waals surface area contributed by atoms with Crippen molar-refractivity contribution < 1.29 is 14.3 Å². The number of hydrogen-bond donors (Lipinski definition) is 0. The van der Waals surface area contributed by atoms with Crippen LogP contribution in [0.25, 0.3) is 0 Å². The third kappa shape index (κ3) is 4.75. The fourth-order valence-corrected chi connectivity index (χ4v) is 5.68. The van der Waals surface area contributed by atoms with Crippen molar-refractivity contribution in [3.8, 4) is 5.75 Å². The molecule has 3 heterocycles. The molecule has 7 heteroatoms. The number of nitrogens with zero attached hydrogens (tertiary/aromatic N) is 4. The molecule has 3 aliphatic heterocycles. The van der Waals surface area contributed by atoms with Crippen molar-refractivity contribution in [3.05, 3.63) is 53.6 Å². The van der Waals surface area contributed by atoms with Gasteiger partial charge in [0.25, 0.3) is 0 Å². The molecule has 2 saturated heterocycles. The summed E-state index contributed by atoms with van der Waals surface area (Å²) in [6, 6.07) is 14.2. The van der Waals surface area contributed by atoms with E-state index in [2.05, 4.69) is 43.9 Å². The van der Waals surface area contributed by atoms with Gasteiger partial charge in [-0.3, -0.25) is 9.69 Å². The van der Waals surface area contributed by atoms with Gasteiger partial charge in [-0.25, -0.2) is 4.79 Å². The Morgan fingerprint density at radius 3 is 2.28 bits per heavy atom. The number of ether oxygens (including phenoxy) is 1. The Morgan fingerprint density at radius 2 is 1.56 bits per heavy atom. The summed E-state index contributed by atoms with van der Waals surface area (Å²) in [5.41, 5.74) is 4.75. The van der Waals surface area contributed by atoms with Crippen LogP contribution in [0.2, 0.25) is 0 Å². The van der Waals surface area contributed by atoms with Crippen LogP contribution in [0.15, 0.2) is 42.5 Å². The second-order valence-corrected chi connectivity index (χ2v) is 10.3. The highest BCUT2D eigenvalue weighted by molar-refractivity contribution is 5.94. The van der Waals surface area contributed by atoms with Gasteiger partial charge in [-0.05, 0) is 62.4 Å². The average molecular weight is 491 g/mol. The molecule has 0 bridgehead atoms. The number of carbonyl (C=O) groups is 2. The predicted molar refractivity (Wildman–Crippen MR) is 143 cm³/mol. The highest BCUT2D eigenvalue weighted by atomic mass is 16.5. The number of hydrogen-bond acceptors (Lipinski definition) is 4. The number of fused-ring (bicyclic) bond motifs is 1. The molecule has 0 radical (unpaired) electrons. The van der Waals surface area contributed by atoms with E-state index < -0.39 is 0 Å². The molecule has 5 rings (SSSR count). The first kappa shape index (κ1) is 24.5. The molecule has 3 amide bonds. The topological polar surface area (TPSA) is 56.3 Å². The minimum Gasteiger partial charge on any atom is -0.486 e. The van der Waals surface area contributed by atoms with E-state index in [0.717, 1.165) is 56.9 Å². The van der Waals surface area contributed by atoms with Crippen molar-refractivity contribution >= 4 is 23.3 Å². The first-order valence-corrected chi connectivity index (χ1v) is 13.4. The van der Waals surface area contributed by atoms with Crippen LogP contribution in [-0.2, 0) is 4.79 Å². The summed E-state index contributed by atoms with van der Waals surface area (Å²) in [5.74, 6) is 1.03. The van der Waals surface area contributed by atoms with E-state index in [1.807, 2.05) is 39.0 Å². The zero-order chi connectivity index (χ0) is 25.2. The van der Waals surface area contributed by atoms with Crippen molar-refractivity contribution in [2.75, 3.05) is 55.6 Å². The monoisotopic (exact) mass is 490 g/mol. The number of piperazine rings is 1. The number of carbonyl (C=O) groups excluding carboxylic acids is 2. The number of likely N-dealkylation sites (tertiary alicyclic amines) is 1. The predicted octanol–water partition coefficient (Wildman–Crippen LogP) is 4.46. The molecule has 0 aromatic heterocycles. The molecule has 2 fully saturated rings. The molecule has 7 nitrogen and oxygen atoms in total. The quantitative estimate of drug-likeness (QED) is 0.638. The van der Waals surface area contributed by atoms with Crippen molar-refractivity contribution in [3.63, 3.8) is 0 Å². The van der Waals surface area contributed by atoms with Gasteiger partial charge in [0.05, 0.1) is 12.2 Å². The van der Waals surface area contributed by atoms with E-state index >= 15 is 0 Å². The average Bonchev–Trinajstić information content (AvgIpc) is 2.93. The van der Waals surface area contributed by atoms with Crippen molar-refractivity contribution in [2.45, 2.75) is 46.1 Å². The first-order chi connectivity index (χ1) is 17.5. The molecule has 0 N–H and O–H groups in total. The van der Waals surface area contributed by atoms with Gasteiger partial charge in [0.1, 0.15) is 11.9 Å². The van der Waals surface area contributed by atoms with E-state index in [4.69, 9.17) is 4.74 Å². The normalized spacial score (nSPS) is 20.7. The van der Waals surface area contributed by atoms with Crippen LogP contribution in [0, 0.1) is 19.8 Å². The van der Waals surface area contributed by atoms with Gasteiger partial charge in [0.2, 0.25) is 5.91 Å². The van der Waals surface area contributed by atoms with E-state index in [-0.39, 0.29) is 24.0 Å². The van der Waals surface area contributed by atoms with Crippen molar-refractivity contribution in [2.24, 2.45) is 5.92 Å². The fraction of sp³-hybridized carbons (Fsp3) is 0.517. The molecule has 0 aliphatic carbocycles. The Bertz CT molecular complexity index is 1100. The number of benzene rings is 2. The lowest BCUT2D eigenvalue weighted by Crippen LogP contribution is -2.54. The van der Waals surface area contributed by atoms with Gasteiger partial charge >= 0.3 is 6.03 Å². The minimum absolute atomic E-state index is 0.00155. The summed E-state index contributed by atoms with van der Waals surface area (Å²) in [6.07, 6.45) is 2.31. The maximum absolute atomic E-state index is 13.5. The summed E-state index contributed by atoms with van der Waals surface area (Å²) >= 11 is 0. The molecule has 1 atom stereocenters. The second-order valence-electron chi connectivity index (χ2n) is 10.3. The van der Waals surface area contributed by atoms with Gasteiger partial charge in [-0.2, -0.15) is 0 Å². The Kier molecular flexibility index (Phi) is 7.08. The summed E-state index contributed by atoms with van der Waals surface area (Å²) in [7, 11) is 0. The smallest absolute Gasteiger partial charge is 0.324 e. The maximum Gasteiger partial charge on any atom is 0.324 e. The van der Waals surface area contributed by atoms with E-state index in [1.54, 1.807) is 0 Å². The number of anilines is 2. The molecular formula is C29H38N4O3. The second kappa shape index (κ2) is 10.4. The van der Waals surface area contributed by atoms with E-state index in [1.165, 1.54) is 16.8 Å². The zero-order valence-electron chi connectivity index (χ0n) is 21.8. The molecule has 3 aliphatic rings. The Hall–Kier alpha value is -3.22. The third-order valence-corrected chi connectivity index (χ3v) is 8.14. The first-order valence-electron chi connectivity index (χ1n) is 13.4. The van der Waals surface area contributed by atoms with E-state index in [0.29, 0.717) is 19.6 Å². The lowest BCUT2D eigenvalue weighted by atomic mass is 9.95. The Balaban J connectivity index is 1.16. The van der Waals surface area contributed by atoms with Gasteiger partial charge in [0.15, 0.2) is 0 Å².